The van der Waals surface area contributed by atoms with E-state index in [1.165, 1.54) is 0 Å². The van der Waals surface area contributed by atoms with Gasteiger partial charge in [0.15, 0.2) is 0 Å². The summed E-state index contributed by atoms with van der Waals surface area (Å²) in [4.78, 5) is 10.4. The summed E-state index contributed by atoms with van der Waals surface area (Å²) < 4.78 is 0. The Kier molecular flexibility index (Phi) is 1.47. The van der Waals surface area contributed by atoms with Crippen molar-refractivity contribution < 1.29 is 0 Å². The van der Waals surface area contributed by atoms with Crippen LogP contribution in [0.4, 0.5) is 0 Å². The van der Waals surface area contributed by atoms with E-state index in [1.54, 1.807) is 6.21 Å². The molecule has 0 saturated heterocycles. The molecule has 0 spiro atoms. The van der Waals surface area contributed by atoms with E-state index in [-0.39, 0.29) is 0 Å². The first-order chi connectivity index (χ1) is 5.42. The third kappa shape index (κ3) is 0.952. The van der Waals surface area contributed by atoms with Crippen molar-refractivity contribution in [1.82, 2.24) is 4.90 Å². The first-order valence-corrected chi connectivity index (χ1v) is 3.67. The maximum absolute atomic E-state index is 5.53. The van der Waals surface area contributed by atoms with Gasteiger partial charge in [-0.2, -0.15) is 0 Å². The molecule has 0 aromatic carbocycles. The Hall–Kier alpha value is -1.16. The van der Waals surface area contributed by atoms with Crippen LogP contribution in [0.1, 0.15) is 0 Å². The third-order valence-electron chi connectivity index (χ3n) is 1.83. The Balaban J connectivity index is 2.29. The molecule has 0 unspecified atom stereocenters. The Morgan fingerprint density at radius 3 is 3.36 bits per heavy atom. The molecule has 0 aromatic heterocycles. The van der Waals surface area contributed by atoms with Gasteiger partial charge in [-0.3, -0.25) is 0 Å². The van der Waals surface area contributed by atoms with Crippen molar-refractivity contribution >= 4 is 12.2 Å². The summed E-state index contributed by atoms with van der Waals surface area (Å²) >= 11 is 0. The van der Waals surface area contributed by atoms with Gasteiger partial charge in [0.25, 0.3) is 0 Å². The molecule has 0 aromatic rings. The summed E-state index contributed by atoms with van der Waals surface area (Å²) in [5.74, 6) is 0.813. The zero-order chi connectivity index (χ0) is 7.68. The van der Waals surface area contributed by atoms with Crippen LogP contribution in [0, 0.1) is 0 Å². The fourth-order valence-electron chi connectivity index (χ4n) is 1.28. The number of guanidine groups is 1. The lowest BCUT2D eigenvalue weighted by atomic mass is 10.3. The zero-order valence-electron chi connectivity index (χ0n) is 6.20. The second-order valence-corrected chi connectivity index (χ2v) is 2.47. The van der Waals surface area contributed by atoms with Gasteiger partial charge in [-0.1, -0.05) is 0 Å². The van der Waals surface area contributed by atoms with Crippen LogP contribution in [0.5, 0.6) is 0 Å². The van der Waals surface area contributed by atoms with Crippen LogP contribution < -0.4 is 5.73 Å². The van der Waals surface area contributed by atoms with Gasteiger partial charge >= 0.3 is 0 Å². The van der Waals surface area contributed by atoms with Gasteiger partial charge in [0.2, 0.25) is 5.96 Å². The predicted molar refractivity (Wildman–Crippen MR) is 44.6 cm³/mol. The molecule has 0 fully saturated rings. The summed E-state index contributed by atoms with van der Waals surface area (Å²) in [5.41, 5.74) is 6.64. The van der Waals surface area contributed by atoms with E-state index in [2.05, 4.69) is 14.9 Å². The van der Waals surface area contributed by atoms with Crippen LogP contribution in [0.25, 0.3) is 0 Å². The zero-order valence-corrected chi connectivity index (χ0v) is 6.20. The minimum absolute atomic E-state index is 0.561. The lowest BCUT2D eigenvalue weighted by molar-refractivity contribution is 0.544. The molecule has 58 valence electrons. The van der Waals surface area contributed by atoms with E-state index in [1.807, 2.05) is 6.08 Å². The van der Waals surface area contributed by atoms with E-state index in [0.29, 0.717) is 6.54 Å². The second kappa shape index (κ2) is 2.47. The molecule has 2 rings (SSSR count). The second-order valence-electron chi connectivity index (χ2n) is 2.47. The highest BCUT2D eigenvalue weighted by atomic mass is 15.3. The quantitative estimate of drug-likeness (QED) is 0.552. The highest BCUT2D eigenvalue weighted by molar-refractivity contribution is 5.96. The topological polar surface area (TPSA) is 54.0 Å². The van der Waals surface area contributed by atoms with Gasteiger partial charge in [0.1, 0.15) is 0 Å². The van der Waals surface area contributed by atoms with Crippen LogP contribution in [0.3, 0.4) is 0 Å². The molecule has 0 amide bonds. The summed E-state index contributed by atoms with van der Waals surface area (Å²) in [6.07, 6.45) is 3.69. The lowest BCUT2D eigenvalue weighted by Gasteiger charge is -2.21. The largest absolute Gasteiger partial charge is 0.325 e. The molecule has 4 heteroatoms. The monoisotopic (exact) mass is 150 g/mol. The predicted octanol–water partition coefficient (Wildman–Crippen LogP) is -0.415. The van der Waals surface area contributed by atoms with E-state index in [9.17, 15) is 0 Å². The molecular weight excluding hydrogens is 140 g/mol. The molecule has 11 heavy (non-hydrogen) atoms. The molecule has 2 N–H and O–H groups in total. The molecule has 2 heterocycles. The summed E-state index contributed by atoms with van der Waals surface area (Å²) in [6, 6.07) is 0. The van der Waals surface area contributed by atoms with Gasteiger partial charge in [0.05, 0.1) is 6.54 Å². The Morgan fingerprint density at radius 2 is 2.55 bits per heavy atom. The number of nitrogens with zero attached hydrogens (tertiary/aromatic N) is 3. The van der Waals surface area contributed by atoms with Crippen molar-refractivity contribution in [3.8, 4) is 0 Å². The molecular formula is C7H10N4. The lowest BCUT2D eigenvalue weighted by Crippen LogP contribution is -2.31. The number of aliphatic imine (C=N–C) groups is 2. The average Bonchev–Trinajstić information content (AvgIpc) is 2.50. The van der Waals surface area contributed by atoms with Crippen molar-refractivity contribution in [2.75, 3.05) is 19.6 Å². The molecule has 0 bridgehead atoms. The number of hydrogen-bond donors (Lipinski definition) is 1. The number of fused-ring (bicyclic) bond motifs is 1. The van der Waals surface area contributed by atoms with Crippen molar-refractivity contribution in [3.63, 3.8) is 0 Å². The molecule has 0 saturated carbocycles. The van der Waals surface area contributed by atoms with Crippen LogP contribution in [-0.4, -0.2) is 36.7 Å². The van der Waals surface area contributed by atoms with Gasteiger partial charge in [0, 0.05) is 25.0 Å². The Bertz CT molecular complexity index is 251. The van der Waals surface area contributed by atoms with Gasteiger partial charge in [-0.05, 0) is 6.08 Å². The SMILES string of the molecule is NCC1=CC=NC2=NCCN12. The van der Waals surface area contributed by atoms with Gasteiger partial charge < -0.3 is 10.6 Å². The first kappa shape index (κ1) is 6.54. The van der Waals surface area contributed by atoms with E-state index in [4.69, 9.17) is 5.73 Å². The minimum atomic E-state index is 0.561. The summed E-state index contributed by atoms with van der Waals surface area (Å²) in [5, 5.41) is 0. The fourth-order valence-corrected chi connectivity index (χ4v) is 1.28. The van der Waals surface area contributed by atoms with Crippen LogP contribution in [0.15, 0.2) is 21.8 Å². The van der Waals surface area contributed by atoms with Gasteiger partial charge in [-0.25, -0.2) is 9.98 Å². The molecule has 2 aliphatic heterocycles. The molecule has 0 aliphatic carbocycles. The number of nitrogens with two attached hydrogens (primary N) is 1. The number of allylic oxidation sites excluding steroid dienone is 1. The van der Waals surface area contributed by atoms with Crippen LogP contribution >= 0.6 is 0 Å². The van der Waals surface area contributed by atoms with Crippen LogP contribution in [-0.2, 0) is 0 Å². The molecule has 0 radical (unpaired) electrons. The standard InChI is InChI=1S/C7H10N4/c8-5-6-1-2-9-7-10-3-4-11(6)7/h1-2H,3-5,8H2. The fraction of sp³-hybridized carbons (Fsp3) is 0.429. The highest BCUT2D eigenvalue weighted by Crippen LogP contribution is 2.12. The third-order valence-corrected chi connectivity index (χ3v) is 1.83. The van der Waals surface area contributed by atoms with E-state index >= 15 is 0 Å². The molecule has 2 aliphatic rings. The maximum atomic E-state index is 5.53. The average molecular weight is 150 g/mol. The first-order valence-electron chi connectivity index (χ1n) is 3.67. The van der Waals surface area contributed by atoms with Gasteiger partial charge in [-0.15, -0.1) is 0 Å². The van der Waals surface area contributed by atoms with Crippen LogP contribution in [0.2, 0.25) is 0 Å². The summed E-state index contributed by atoms with van der Waals surface area (Å²) in [7, 11) is 0. The van der Waals surface area contributed by atoms with Crippen molar-refractivity contribution in [1.29, 1.82) is 0 Å². The van der Waals surface area contributed by atoms with Crippen molar-refractivity contribution in [3.05, 3.63) is 11.8 Å². The molecule has 0 atom stereocenters. The van der Waals surface area contributed by atoms with E-state index < -0.39 is 0 Å². The number of rotatable bonds is 1. The maximum Gasteiger partial charge on any atom is 0.225 e. The summed E-state index contributed by atoms with van der Waals surface area (Å²) in [6.45, 7) is 2.32. The normalized spacial score (nSPS) is 21.4. The Labute approximate surface area is 65.1 Å². The minimum Gasteiger partial charge on any atom is -0.325 e. The number of hydrogen-bond acceptors (Lipinski definition) is 4. The highest BCUT2D eigenvalue weighted by Gasteiger charge is 2.20. The van der Waals surface area contributed by atoms with E-state index in [0.717, 1.165) is 24.7 Å². The Morgan fingerprint density at radius 1 is 1.64 bits per heavy atom. The van der Waals surface area contributed by atoms with Crippen molar-refractivity contribution in [2.45, 2.75) is 0 Å². The molecule has 4 nitrogen and oxygen atoms in total. The smallest absolute Gasteiger partial charge is 0.225 e. The van der Waals surface area contributed by atoms with Crippen molar-refractivity contribution in [2.24, 2.45) is 15.7 Å².